The zero-order chi connectivity index (χ0) is 11.1. The Kier molecular flexibility index (Phi) is 6.02. The normalized spacial score (nSPS) is 22.6. The summed E-state index contributed by atoms with van der Waals surface area (Å²) in [6.45, 7) is 9.78. The van der Waals surface area contributed by atoms with Gasteiger partial charge in [-0.25, -0.2) is 0 Å². The van der Waals surface area contributed by atoms with Gasteiger partial charge in [0.1, 0.15) is 0 Å². The maximum atomic E-state index is 3.21. The van der Waals surface area contributed by atoms with Crippen molar-refractivity contribution < 1.29 is 0 Å². The molecule has 0 amide bonds. The van der Waals surface area contributed by atoms with E-state index in [0.717, 1.165) is 6.54 Å². The average molecular weight is 230 g/mol. The fraction of sp³-hybridized carbons (Fsp3) is 1.00. The van der Waals surface area contributed by atoms with Crippen molar-refractivity contribution in [3.8, 4) is 0 Å². The van der Waals surface area contributed by atoms with Crippen LogP contribution in [0.2, 0.25) is 0 Å². The minimum absolute atomic E-state index is 0.500. The van der Waals surface area contributed by atoms with Gasteiger partial charge < -0.3 is 10.2 Å². The highest BCUT2D eigenvalue weighted by atomic mass is 32.2. The lowest BCUT2D eigenvalue weighted by atomic mass is 10.1. The van der Waals surface area contributed by atoms with Crippen molar-refractivity contribution in [2.24, 2.45) is 0 Å². The molecular formula is C12H26N2S. The van der Waals surface area contributed by atoms with Crippen molar-refractivity contribution in [3.63, 3.8) is 0 Å². The lowest BCUT2D eigenvalue weighted by Crippen LogP contribution is -2.28. The third-order valence-corrected chi connectivity index (χ3v) is 4.45. The quantitative estimate of drug-likeness (QED) is 0.729. The van der Waals surface area contributed by atoms with Crippen LogP contribution in [0.5, 0.6) is 0 Å². The molecule has 0 radical (unpaired) electrons. The second-order valence-electron chi connectivity index (χ2n) is 5.01. The van der Waals surface area contributed by atoms with Gasteiger partial charge in [0.15, 0.2) is 0 Å². The second kappa shape index (κ2) is 6.77. The number of hydrogen-bond acceptors (Lipinski definition) is 3. The molecule has 1 fully saturated rings. The fourth-order valence-corrected chi connectivity index (χ4v) is 3.06. The van der Waals surface area contributed by atoms with Crippen molar-refractivity contribution in [1.82, 2.24) is 10.2 Å². The number of rotatable bonds is 5. The van der Waals surface area contributed by atoms with E-state index in [2.05, 4.69) is 35.8 Å². The molecule has 15 heavy (non-hydrogen) atoms. The summed E-state index contributed by atoms with van der Waals surface area (Å²) in [7, 11) is 2.03. The zero-order valence-corrected chi connectivity index (χ0v) is 11.3. The molecule has 0 bridgehead atoms. The van der Waals surface area contributed by atoms with Gasteiger partial charge in [-0.1, -0.05) is 13.8 Å². The van der Waals surface area contributed by atoms with E-state index in [1.807, 2.05) is 7.05 Å². The van der Waals surface area contributed by atoms with E-state index in [9.17, 15) is 0 Å². The van der Waals surface area contributed by atoms with Crippen molar-refractivity contribution in [3.05, 3.63) is 0 Å². The second-order valence-corrected chi connectivity index (χ2v) is 6.81. The Morgan fingerprint density at radius 1 is 1.27 bits per heavy atom. The van der Waals surface area contributed by atoms with Gasteiger partial charge in [-0.05, 0) is 45.9 Å². The Bertz CT molecular complexity index is 171. The van der Waals surface area contributed by atoms with Crippen LogP contribution in [-0.4, -0.2) is 48.6 Å². The van der Waals surface area contributed by atoms with Gasteiger partial charge in [-0.3, -0.25) is 0 Å². The standard InChI is InChI=1S/C12H26N2S/c1-12(2)6-9-14(10-11-15-12)8-5-4-7-13-3/h13H,4-11H2,1-3H3. The van der Waals surface area contributed by atoms with E-state index in [1.54, 1.807) is 0 Å². The van der Waals surface area contributed by atoms with Crippen LogP contribution in [0.15, 0.2) is 0 Å². The van der Waals surface area contributed by atoms with Crippen LogP contribution in [0, 0.1) is 0 Å². The SMILES string of the molecule is CNCCCCN1CCSC(C)(C)CC1. The van der Waals surface area contributed by atoms with E-state index in [0.29, 0.717) is 4.75 Å². The molecule has 1 rings (SSSR count). The summed E-state index contributed by atoms with van der Waals surface area (Å²) < 4.78 is 0.500. The molecule has 0 aromatic carbocycles. The first kappa shape index (κ1) is 13.3. The number of hydrogen-bond donors (Lipinski definition) is 1. The van der Waals surface area contributed by atoms with E-state index >= 15 is 0 Å². The Balaban J connectivity index is 2.14. The number of thioether (sulfide) groups is 1. The topological polar surface area (TPSA) is 15.3 Å². The van der Waals surface area contributed by atoms with Gasteiger partial charge in [-0.15, -0.1) is 0 Å². The van der Waals surface area contributed by atoms with Crippen molar-refractivity contribution in [2.75, 3.05) is 39.0 Å². The molecule has 0 aromatic rings. The van der Waals surface area contributed by atoms with Gasteiger partial charge in [0.2, 0.25) is 0 Å². The highest BCUT2D eigenvalue weighted by molar-refractivity contribution is 8.00. The van der Waals surface area contributed by atoms with Crippen LogP contribution >= 0.6 is 11.8 Å². The van der Waals surface area contributed by atoms with E-state index in [1.165, 1.54) is 44.6 Å². The van der Waals surface area contributed by atoms with Gasteiger partial charge in [0, 0.05) is 17.0 Å². The van der Waals surface area contributed by atoms with Crippen molar-refractivity contribution >= 4 is 11.8 Å². The number of unbranched alkanes of at least 4 members (excludes halogenated alkanes) is 1. The largest absolute Gasteiger partial charge is 0.320 e. The lowest BCUT2D eigenvalue weighted by Gasteiger charge is -2.22. The third-order valence-electron chi connectivity index (χ3n) is 3.08. The molecule has 0 aromatic heterocycles. The van der Waals surface area contributed by atoms with Crippen LogP contribution in [0.3, 0.4) is 0 Å². The Labute approximate surface area is 99.2 Å². The number of nitrogens with one attached hydrogen (secondary N) is 1. The van der Waals surface area contributed by atoms with Crippen molar-refractivity contribution in [2.45, 2.75) is 37.9 Å². The van der Waals surface area contributed by atoms with Gasteiger partial charge in [-0.2, -0.15) is 11.8 Å². The van der Waals surface area contributed by atoms with Gasteiger partial charge in [0.25, 0.3) is 0 Å². The Hall–Kier alpha value is 0.270. The fourth-order valence-electron chi connectivity index (χ4n) is 1.92. The molecule has 1 N–H and O–H groups in total. The third kappa shape index (κ3) is 5.79. The minimum atomic E-state index is 0.500. The molecule has 3 heteroatoms. The van der Waals surface area contributed by atoms with Gasteiger partial charge >= 0.3 is 0 Å². The molecule has 0 atom stereocenters. The summed E-state index contributed by atoms with van der Waals surface area (Å²) in [6, 6.07) is 0. The molecule has 0 unspecified atom stereocenters. The molecule has 0 spiro atoms. The van der Waals surface area contributed by atoms with Crippen molar-refractivity contribution in [1.29, 1.82) is 0 Å². The summed E-state index contributed by atoms with van der Waals surface area (Å²) in [4.78, 5) is 2.64. The average Bonchev–Trinajstić information content (AvgIpc) is 2.35. The molecular weight excluding hydrogens is 204 g/mol. The smallest absolute Gasteiger partial charge is 0.0116 e. The first-order valence-electron chi connectivity index (χ1n) is 6.15. The van der Waals surface area contributed by atoms with Crippen LogP contribution in [-0.2, 0) is 0 Å². The highest BCUT2D eigenvalue weighted by Gasteiger charge is 2.22. The molecule has 1 saturated heterocycles. The first-order chi connectivity index (χ1) is 7.14. The summed E-state index contributed by atoms with van der Waals surface area (Å²) in [5.41, 5.74) is 0. The van der Waals surface area contributed by atoms with Crippen LogP contribution in [0.4, 0.5) is 0 Å². The van der Waals surface area contributed by atoms with Crippen LogP contribution in [0.25, 0.3) is 0 Å². The minimum Gasteiger partial charge on any atom is -0.320 e. The first-order valence-corrected chi connectivity index (χ1v) is 7.13. The molecule has 90 valence electrons. The molecule has 2 nitrogen and oxygen atoms in total. The van der Waals surface area contributed by atoms with E-state index in [4.69, 9.17) is 0 Å². The molecule has 0 aliphatic carbocycles. The van der Waals surface area contributed by atoms with E-state index < -0.39 is 0 Å². The lowest BCUT2D eigenvalue weighted by molar-refractivity contribution is 0.278. The van der Waals surface area contributed by atoms with Gasteiger partial charge in [0.05, 0.1) is 0 Å². The Morgan fingerprint density at radius 2 is 2.07 bits per heavy atom. The zero-order valence-electron chi connectivity index (χ0n) is 10.5. The number of nitrogens with zero attached hydrogens (tertiary/aromatic N) is 1. The molecule has 1 aliphatic rings. The predicted molar refractivity (Wildman–Crippen MR) is 70.8 cm³/mol. The summed E-state index contributed by atoms with van der Waals surface area (Å²) in [6.07, 6.45) is 3.99. The molecule has 1 heterocycles. The molecule has 0 saturated carbocycles. The van der Waals surface area contributed by atoms with Crippen LogP contribution < -0.4 is 5.32 Å². The maximum absolute atomic E-state index is 3.21. The predicted octanol–water partition coefficient (Wildman–Crippen LogP) is 2.20. The highest BCUT2D eigenvalue weighted by Crippen LogP contribution is 2.30. The van der Waals surface area contributed by atoms with Crippen LogP contribution in [0.1, 0.15) is 33.1 Å². The summed E-state index contributed by atoms with van der Waals surface area (Å²) in [5.74, 6) is 1.30. The molecule has 1 aliphatic heterocycles. The summed E-state index contributed by atoms with van der Waals surface area (Å²) >= 11 is 2.13. The van der Waals surface area contributed by atoms with E-state index in [-0.39, 0.29) is 0 Å². The monoisotopic (exact) mass is 230 g/mol. The summed E-state index contributed by atoms with van der Waals surface area (Å²) in [5, 5.41) is 3.21. The Morgan fingerprint density at radius 3 is 2.80 bits per heavy atom. The maximum Gasteiger partial charge on any atom is 0.0116 e.